The molecule has 0 atom stereocenters. The van der Waals surface area contributed by atoms with E-state index in [1.165, 1.54) is 0 Å². The van der Waals surface area contributed by atoms with Crippen molar-refractivity contribution in [3.63, 3.8) is 0 Å². The van der Waals surface area contributed by atoms with Crippen LogP contribution in [0.3, 0.4) is 0 Å². The van der Waals surface area contributed by atoms with Crippen LogP contribution in [0.5, 0.6) is 0 Å². The van der Waals surface area contributed by atoms with E-state index in [0.717, 1.165) is 0 Å². The van der Waals surface area contributed by atoms with Gasteiger partial charge in [-0.25, -0.2) is 0 Å². The van der Waals surface area contributed by atoms with E-state index in [-0.39, 0.29) is 0 Å². The van der Waals surface area contributed by atoms with E-state index in [1.54, 1.807) is 0 Å². The van der Waals surface area contributed by atoms with Crippen LogP contribution in [-0.4, -0.2) is 26.3 Å². The normalized spacial score (nSPS) is 8.56. The minimum absolute atomic E-state index is 0.385. The van der Waals surface area contributed by atoms with Crippen LogP contribution in [0.15, 0.2) is 5.11 Å². The van der Waals surface area contributed by atoms with Gasteiger partial charge in [0.2, 0.25) is 0 Å². The van der Waals surface area contributed by atoms with Gasteiger partial charge in [-0.05, 0) is 5.53 Å². The Morgan fingerprint density at radius 3 is 2.89 bits per heavy atom. The molecule has 0 aromatic heterocycles. The van der Waals surface area contributed by atoms with E-state index < -0.39 is 0 Å². The highest BCUT2D eigenvalue weighted by Crippen LogP contribution is 1.74. The molecule has 0 unspecified atom stereocenters. The van der Waals surface area contributed by atoms with Crippen LogP contribution in [-0.2, 0) is 4.74 Å². The number of nitrogens with two attached hydrogens (primary N) is 1. The molecule has 5 heteroatoms. The summed E-state index contributed by atoms with van der Waals surface area (Å²) in [6, 6.07) is 0. The highest BCUT2D eigenvalue weighted by Gasteiger charge is 1.81. The van der Waals surface area contributed by atoms with Crippen LogP contribution in [0.4, 0.5) is 0 Å². The Balaban J connectivity index is 2.82. The van der Waals surface area contributed by atoms with E-state index in [0.29, 0.717) is 26.3 Å². The van der Waals surface area contributed by atoms with Crippen molar-refractivity contribution in [2.45, 2.75) is 0 Å². The Kier molecular flexibility index (Phi) is 6.61. The van der Waals surface area contributed by atoms with Gasteiger partial charge in [0.25, 0.3) is 0 Å². The van der Waals surface area contributed by atoms with Crippen molar-refractivity contribution in [2.24, 2.45) is 10.8 Å². The molecule has 52 valence electrons. The Morgan fingerprint density at radius 1 is 1.56 bits per heavy atom. The van der Waals surface area contributed by atoms with Crippen LogP contribution < -0.4 is 5.73 Å². The first-order valence-corrected chi connectivity index (χ1v) is 2.70. The highest BCUT2D eigenvalue weighted by molar-refractivity contribution is 4.43. The lowest BCUT2D eigenvalue weighted by molar-refractivity contribution is 0.149. The molecule has 0 aromatic rings. The van der Waals surface area contributed by atoms with Crippen LogP contribution >= 0.6 is 0 Å². The second kappa shape index (κ2) is 7.23. The average molecular weight is 130 g/mol. The van der Waals surface area contributed by atoms with Crippen molar-refractivity contribution in [1.82, 2.24) is 0 Å². The first-order chi connectivity index (χ1) is 4.41. The zero-order chi connectivity index (χ0) is 6.95. The van der Waals surface area contributed by atoms with E-state index in [2.05, 4.69) is 10.0 Å². The molecule has 0 saturated carbocycles. The van der Waals surface area contributed by atoms with Gasteiger partial charge in [0, 0.05) is 18.0 Å². The molecule has 5 nitrogen and oxygen atoms in total. The fraction of sp³-hybridized carbons (Fsp3) is 1.00. The minimum atomic E-state index is 0.385. The number of rotatable bonds is 5. The van der Waals surface area contributed by atoms with Crippen molar-refractivity contribution in [2.75, 3.05) is 26.3 Å². The van der Waals surface area contributed by atoms with Gasteiger partial charge < -0.3 is 10.5 Å². The summed E-state index contributed by atoms with van der Waals surface area (Å²) in [6.45, 7) is 1.88. The van der Waals surface area contributed by atoms with Crippen molar-refractivity contribution in [3.8, 4) is 0 Å². The molecule has 0 heterocycles. The second-order valence-electron chi connectivity index (χ2n) is 1.36. The third kappa shape index (κ3) is 7.23. The minimum Gasteiger partial charge on any atom is -0.380 e. The Labute approximate surface area is 53.4 Å². The Morgan fingerprint density at radius 2 is 2.33 bits per heavy atom. The lowest BCUT2D eigenvalue weighted by Gasteiger charge is -1.95. The number of azide groups is 1. The maximum Gasteiger partial charge on any atom is 0.0588 e. The molecule has 0 spiro atoms. The largest absolute Gasteiger partial charge is 0.380 e. The summed E-state index contributed by atoms with van der Waals surface area (Å²) >= 11 is 0. The number of hydrogen-bond donors (Lipinski definition) is 1. The predicted octanol–water partition coefficient (Wildman–Crippen LogP) is 0.272. The zero-order valence-corrected chi connectivity index (χ0v) is 5.16. The Hall–Kier alpha value is -0.770. The van der Waals surface area contributed by atoms with Gasteiger partial charge in [-0.2, -0.15) is 0 Å². The van der Waals surface area contributed by atoms with E-state index in [9.17, 15) is 0 Å². The fourth-order valence-electron chi connectivity index (χ4n) is 0.335. The second-order valence-corrected chi connectivity index (χ2v) is 1.36. The van der Waals surface area contributed by atoms with E-state index in [4.69, 9.17) is 16.0 Å². The average Bonchev–Trinajstić information content (AvgIpc) is 1.89. The molecule has 0 aromatic carbocycles. The molecule has 0 aliphatic carbocycles. The van der Waals surface area contributed by atoms with E-state index in [1.807, 2.05) is 0 Å². The van der Waals surface area contributed by atoms with Crippen molar-refractivity contribution >= 4 is 0 Å². The summed E-state index contributed by atoms with van der Waals surface area (Å²) in [7, 11) is 0. The maximum atomic E-state index is 7.80. The molecule has 2 N–H and O–H groups in total. The zero-order valence-electron chi connectivity index (χ0n) is 5.16. The van der Waals surface area contributed by atoms with E-state index >= 15 is 0 Å². The SMILES string of the molecule is [N-]=[N+]=NCCOCCN. The van der Waals surface area contributed by atoms with Crippen LogP contribution in [0.25, 0.3) is 10.4 Å². The molecule has 0 radical (unpaired) electrons. The summed E-state index contributed by atoms with van der Waals surface area (Å²) in [6.07, 6.45) is 0. The topological polar surface area (TPSA) is 84.0 Å². The Bertz CT molecular complexity index is 98.7. The molecular weight excluding hydrogens is 120 g/mol. The first-order valence-electron chi connectivity index (χ1n) is 2.70. The fourth-order valence-corrected chi connectivity index (χ4v) is 0.335. The molecule has 0 saturated heterocycles. The molecule has 0 rings (SSSR count). The van der Waals surface area contributed by atoms with Gasteiger partial charge in [0.1, 0.15) is 0 Å². The van der Waals surface area contributed by atoms with Gasteiger partial charge in [-0.15, -0.1) is 0 Å². The van der Waals surface area contributed by atoms with Crippen molar-refractivity contribution in [3.05, 3.63) is 10.4 Å². The number of hydrogen-bond acceptors (Lipinski definition) is 3. The van der Waals surface area contributed by atoms with Gasteiger partial charge >= 0.3 is 0 Å². The predicted molar refractivity (Wildman–Crippen MR) is 33.9 cm³/mol. The lowest BCUT2D eigenvalue weighted by Crippen LogP contribution is -2.09. The van der Waals surface area contributed by atoms with Crippen molar-refractivity contribution < 1.29 is 4.74 Å². The van der Waals surface area contributed by atoms with Gasteiger partial charge in [-0.3, -0.25) is 0 Å². The molecule has 9 heavy (non-hydrogen) atoms. The monoisotopic (exact) mass is 130 g/mol. The van der Waals surface area contributed by atoms with Gasteiger partial charge in [0.05, 0.1) is 13.2 Å². The highest BCUT2D eigenvalue weighted by atomic mass is 16.5. The summed E-state index contributed by atoms with van der Waals surface area (Å²) in [5.41, 5.74) is 12.9. The number of ether oxygens (including phenoxy) is 1. The molecular formula is C4H10N4O. The molecule has 0 aliphatic rings. The molecule has 0 bridgehead atoms. The van der Waals surface area contributed by atoms with Crippen LogP contribution in [0, 0.1) is 0 Å². The molecule has 0 fully saturated rings. The molecule has 0 aliphatic heterocycles. The maximum absolute atomic E-state index is 7.80. The van der Waals surface area contributed by atoms with Gasteiger partial charge in [0.15, 0.2) is 0 Å². The summed E-state index contributed by atoms with van der Waals surface area (Å²) in [4.78, 5) is 2.55. The quantitative estimate of drug-likeness (QED) is 0.251. The van der Waals surface area contributed by atoms with Crippen molar-refractivity contribution in [1.29, 1.82) is 0 Å². The third-order valence-corrected chi connectivity index (χ3v) is 0.661. The lowest BCUT2D eigenvalue weighted by atomic mass is 10.7. The summed E-state index contributed by atoms with van der Waals surface area (Å²) in [5, 5.41) is 3.26. The smallest absolute Gasteiger partial charge is 0.0588 e. The number of nitrogens with zero attached hydrogens (tertiary/aromatic N) is 3. The third-order valence-electron chi connectivity index (χ3n) is 0.661. The summed E-state index contributed by atoms with van der Waals surface area (Å²) < 4.78 is 4.89. The van der Waals surface area contributed by atoms with Crippen LogP contribution in [0.1, 0.15) is 0 Å². The van der Waals surface area contributed by atoms with Gasteiger partial charge in [-0.1, -0.05) is 5.11 Å². The van der Waals surface area contributed by atoms with Crippen LogP contribution in [0.2, 0.25) is 0 Å². The molecule has 0 amide bonds. The first kappa shape index (κ1) is 8.23. The standard InChI is InChI=1S/C4H10N4O/c5-1-3-9-4-2-7-8-6/h1-5H2. The summed E-state index contributed by atoms with van der Waals surface area (Å²) in [5.74, 6) is 0.